The second kappa shape index (κ2) is 16.6. The van der Waals surface area contributed by atoms with Gasteiger partial charge in [0, 0.05) is 42.4 Å². The van der Waals surface area contributed by atoms with E-state index >= 15 is 0 Å². The average molecular weight is 676 g/mol. The Bertz CT molecular complexity index is 1660. The standard InChI is InChI=1S/2C18H16N3S.Cu/c2*1-13(18-3-2-12-20-18)21-15-6-10-17(11-7-15)22-16-8-4-14(19)5-9-16;/h2*2-12H,19H2,1H3;/q2*-1;+2. The summed E-state index contributed by atoms with van der Waals surface area (Å²) < 4.78 is 0. The van der Waals surface area contributed by atoms with E-state index in [1.165, 1.54) is 19.6 Å². The molecule has 9 heteroatoms. The summed E-state index contributed by atoms with van der Waals surface area (Å²) >= 11 is 3.41. The zero-order chi connectivity index (χ0) is 30.7. The number of nitrogen functional groups attached to an aromatic ring is 2. The Balaban J connectivity index is 0.000000200. The van der Waals surface area contributed by atoms with Gasteiger partial charge in [-0.2, -0.15) is 12.4 Å². The van der Waals surface area contributed by atoms with Crippen molar-refractivity contribution in [2.45, 2.75) is 33.4 Å². The summed E-state index contributed by atoms with van der Waals surface area (Å²) in [5.41, 5.74) is 18.5. The van der Waals surface area contributed by atoms with Gasteiger partial charge in [-0.05, 0) is 111 Å². The number of anilines is 2. The molecule has 0 aliphatic carbocycles. The molecule has 0 aliphatic rings. The van der Waals surface area contributed by atoms with Gasteiger partial charge in [0.15, 0.2) is 0 Å². The molecule has 45 heavy (non-hydrogen) atoms. The maximum absolute atomic E-state index is 5.70. The van der Waals surface area contributed by atoms with E-state index in [2.05, 4.69) is 44.2 Å². The number of aromatic nitrogens is 2. The van der Waals surface area contributed by atoms with Gasteiger partial charge >= 0.3 is 17.1 Å². The fourth-order valence-electron chi connectivity index (χ4n) is 4.05. The molecule has 6 aromatic rings. The van der Waals surface area contributed by atoms with Crippen LogP contribution in [0.15, 0.2) is 163 Å². The largest absolute Gasteiger partial charge is 2.00 e. The Labute approximate surface area is 283 Å². The zero-order valence-electron chi connectivity index (χ0n) is 24.8. The molecular weight excluding hydrogens is 644 g/mol. The third-order valence-electron chi connectivity index (χ3n) is 6.35. The van der Waals surface area contributed by atoms with E-state index in [9.17, 15) is 0 Å². The maximum Gasteiger partial charge on any atom is 2.00 e. The van der Waals surface area contributed by atoms with Gasteiger partial charge in [-0.25, -0.2) is 0 Å². The fraction of sp³-hybridized carbons (Fsp3) is 0.0556. The first kappa shape index (κ1) is 33.5. The van der Waals surface area contributed by atoms with Crippen molar-refractivity contribution in [3.63, 3.8) is 0 Å². The third-order valence-corrected chi connectivity index (χ3v) is 8.38. The predicted octanol–water partition coefficient (Wildman–Crippen LogP) is 9.03. The summed E-state index contributed by atoms with van der Waals surface area (Å²) in [6, 6.07) is 39.9. The molecule has 2 heterocycles. The first-order valence-electron chi connectivity index (χ1n) is 13.9. The van der Waals surface area contributed by atoms with E-state index in [4.69, 9.17) is 11.5 Å². The summed E-state index contributed by atoms with van der Waals surface area (Å²) in [6.07, 6.45) is 3.56. The molecule has 1 radical (unpaired) electrons. The molecule has 229 valence electrons. The molecule has 0 bridgehead atoms. The van der Waals surface area contributed by atoms with E-state index in [1.54, 1.807) is 35.9 Å². The van der Waals surface area contributed by atoms with Crippen molar-refractivity contribution in [2.75, 3.05) is 11.5 Å². The van der Waals surface area contributed by atoms with Gasteiger partial charge in [0.2, 0.25) is 0 Å². The zero-order valence-corrected chi connectivity index (χ0v) is 27.3. The van der Waals surface area contributed by atoms with Gasteiger partial charge < -0.3 is 21.4 Å². The third kappa shape index (κ3) is 10.3. The van der Waals surface area contributed by atoms with Crippen molar-refractivity contribution in [2.24, 2.45) is 9.98 Å². The number of rotatable bonds is 8. The number of hydrogen-bond donors (Lipinski definition) is 2. The molecule has 6 rings (SSSR count). The molecular formula is C36H32CuN6S2. The van der Waals surface area contributed by atoms with Crippen molar-refractivity contribution >= 4 is 57.7 Å². The molecule has 2 aromatic heterocycles. The predicted molar refractivity (Wildman–Crippen MR) is 186 cm³/mol. The number of hydrogen-bond acceptors (Lipinski definition) is 6. The van der Waals surface area contributed by atoms with Crippen molar-refractivity contribution in [3.05, 3.63) is 145 Å². The number of nitrogens with zero attached hydrogens (tertiary/aromatic N) is 4. The van der Waals surface area contributed by atoms with Crippen LogP contribution < -0.4 is 21.4 Å². The molecule has 0 amide bonds. The van der Waals surface area contributed by atoms with Crippen LogP contribution in [0.5, 0.6) is 0 Å². The van der Waals surface area contributed by atoms with Crippen molar-refractivity contribution < 1.29 is 17.1 Å². The smallest absolute Gasteiger partial charge is 0.663 e. The van der Waals surface area contributed by atoms with Crippen LogP contribution in [0.4, 0.5) is 22.7 Å². The molecule has 4 N–H and O–H groups in total. The molecule has 0 spiro atoms. The van der Waals surface area contributed by atoms with Gasteiger partial charge in [-0.15, -0.1) is 11.4 Å². The number of benzene rings is 4. The second-order valence-corrected chi connectivity index (χ2v) is 12.1. The first-order chi connectivity index (χ1) is 21.4. The SMILES string of the molecule is CC(=Nc1ccc(Sc2ccc(N)cc2)cc1)c1ccc[n-]1.CC(=Nc1ccc(Sc2ccc(N)cc2)cc1)c1ccc[n-]1.[Cu+2]. The van der Waals surface area contributed by atoms with Crippen LogP contribution in [0, 0.1) is 0 Å². The Morgan fingerprint density at radius 1 is 0.489 bits per heavy atom. The van der Waals surface area contributed by atoms with Crippen molar-refractivity contribution in [1.29, 1.82) is 0 Å². The minimum atomic E-state index is 0. The number of aliphatic imine (C=N–C) groups is 2. The van der Waals surface area contributed by atoms with E-state index < -0.39 is 0 Å². The first-order valence-corrected chi connectivity index (χ1v) is 15.6. The topological polar surface area (TPSA) is 105 Å². The summed E-state index contributed by atoms with van der Waals surface area (Å²) in [6.45, 7) is 3.94. The van der Waals surface area contributed by atoms with Crippen LogP contribution in [0.25, 0.3) is 0 Å². The van der Waals surface area contributed by atoms with Crippen molar-refractivity contribution in [1.82, 2.24) is 9.97 Å². The van der Waals surface area contributed by atoms with Crippen LogP contribution >= 0.6 is 23.5 Å². The molecule has 0 saturated carbocycles. The minimum absolute atomic E-state index is 0. The normalized spacial score (nSPS) is 11.3. The molecule has 0 saturated heterocycles. The Morgan fingerprint density at radius 2 is 0.800 bits per heavy atom. The van der Waals surface area contributed by atoms with Crippen LogP contribution in [0.2, 0.25) is 0 Å². The molecule has 0 atom stereocenters. The van der Waals surface area contributed by atoms with Crippen LogP contribution in [0.3, 0.4) is 0 Å². The van der Waals surface area contributed by atoms with Crippen LogP contribution in [-0.2, 0) is 17.1 Å². The molecule has 6 nitrogen and oxygen atoms in total. The number of nitrogens with two attached hydrogens (primary N) is 2. The van der Waals surface area contributed by atoms with Gasteiger partial charge in [0.25, 0.3) is 0 Å². The average Bonchev–Trinajstić information content (AvgIpc) is 3.78. The summed E-state index contributed by atoms with van der Waals surface area (Å²) in [5, 5.41) is 0. The van der Waals surface area contributed by atoms with E-state index in [0.717, 1.165) is 45.6 Å². The van der Waals surface area contributed by atoms with Gasteiger partial charge in [-0.1, -0.05) is 47.8 Å². The minimum Gasteiger partial charge on any atom is -0.663 e. The Hall–Kier alpha value is -4.40. The van der Waals surface area contributed by atoms with Crippen molar-refractivity contribution in [3.8, 4) is 0 Å². The van der Waals surface area contributed by atoms with Gasteiger partial charge in [0.1, 0.15) is 0 Å². The van der Waals surface area contributed by atoms with Gasteiger partial charge in [-0.3, -0.25) is 9.98 Å². The Morgan fingerprint density at radius 3 is 1.09 bits per heavy atom. The van der Waals surface area contributed by atoms with E-state index in [-0.39, 0.29) is 17.1 Å². The molecule has 4 aromatic carbocycles. The summed E-state index contributed by atoms with van der Waals surface area (Å²) in [7, 11) is 0. The molecule has 0 unspecified atom stereocenters. The van der Waals surface area contributed by atoms with E-state index in [1.807, 2.05) is 111 Å². The maximum atomic E-state index is 5.70. The van der Waals surface area contributed by atoms with Gasteiger partial charge in [0.05, 0.1) is 11.4 Å². The van der Waals surface area contributed by atoms with Crippen LogP contribution in [0.1, 0.15) is 25.2 Å². The van der Waals surface area contributed by atoms with E-state index in [0.29, 0.717) is 0 Å². The summed E-state index contributed by atoms with van der Waals surface area (Å²) in [5.74, 6) is 0. The fourth-order valence-corrected chi connectivity index (χ4v) is 5.69. The second-order valence-electron chi connectivity index (χ2n) is 9.77. The summed E-state index contributed by atoms with van der Waals surface area (Å²) in [4.78, 5) is 22.4. The Kier molecular flexibility index (Phi) is 12.4. The molecule has 0 fully saturated rings. The quantitative estimate of drug-likeness (QED) is 0.0948. The van der Waals surface area contributed by atoms with Crippen LogP contribution in [-0.4, -0.2) is 11.4 Å². The molecule has 0 aliphatic heterocycles. The monoisotopic (exact) mass is 675 g/mol.